The van der Waals surface area contributed by atoms with Crippen LogP contribution in [0.15, 0.2) is 42.5 Å². The van der Waals surface area contributed by atoms with Gasteiger partial charge in [0.2, 0.25) is 0 Å². The Labute approximate surface area is 176 Å². The maximum absolute atomic E-state index is 14.7. The van der Waals surface area contributed by atoms with Gasteiger partial charge in [-0.3, -0.25) is 0 Å². The Hall–Kier alpha value is -2.04. The molecule has 164 valence electrons. The normalized spacial score (nSPS) is 19.6. The topological polar surface area (TPSA) is 9.23 Å². The molecule has 0 aromatic heterocycles. The molecule has 1 saturated carbocycles. The van der Waals surface area contributed by atoms with Crippen molar-refractivity contribution in [2.45, 2.75) is 77.0 Å². The zero-order valence-electron chi connectivity index (χ0n) is 17.5. The first-order valence-corrected chi connectivity index (χ1v) is 11.0. The number of alkyl halides is 3. The number of benzene rings is 2. The van der Waals surface area contributed by atoms with Crippen molar-refractivity contribution in [2.75, 3.05) is 0 Å². The minimum atomic E-state index is -4.71. The number of hydrogen-bond acceptors (Lipinski definition) is 1. The van der Waals surface area contributed by atoms with E-state index in [1.165, 1.54) is 62.8 Å². The minimum Gasteiger partial charge on any atom is -0.406 e. The van der Waals surface area contributed by atoms with Gasteiger partial charge in [0.1, 0.15) is 11.6 Å². The minimum absolute atomic E-state index is 0.242. The Morgan fingerprint density at radius 1 is 0.933 bits per heavy atom. The number of halogens is 4. The summed E-state index contributed by atoms with van der Waals surface area (Å²) in [5.41, 5.74) is 2.36. The fourth-order valence-corrected chi connectivity index (χ4v) is 4.46. The molecule has 3 rings (SSSR count). The molecule has 0 amide bonds. The van der Waals surface area contributed by atoms with E-state index in [4.69, 9.17) is 0 Å². The highest BCUT2D eigenvalue weighted by Gasteiger charge is 2.31. The highest BCUT2D eigenvalue weighted by molar-refractivity contribution is 5.34. The predicted octanol–water partition coefficient (Wildman–Crippen LogP) is 8.17. The fraction of sp³-hybridized carbons (Fsp3) is 0.520. The SMILES string of the molecule is CCCCCC1CCC(c2ccc(Cc3ccc(OC(F)(F)F)cc3)c(F)c2)CC1. The van der Waals surface area contributed by atoms with Gasteiger partial charge in [0.25, 0.3) is 0 Å². The van der Waals surface area contributed by atoms with E-state index < -0.39 is 6.36 Å². The third kappa shape index (κ3) is 6.75. The zero-order valence-corrected chi connectivity index (χ0v) is 17.5. The first-order valence-electron chi connectivity index (χ1n) is 11.0. The Morgan fingerprint density at radius 2 is 1.63 bits per heavy atom. The maximum atomic E-state index is 14.7. The summed E-state index contributed by atoms with van der Waals surface area (Å²) in [6.07, 6.45) is 5.53. The van der Waals surface area contributed by atoms with E-state index >= 15 is 0 Å². The smallest absolute Gasteiger partial charge is 0.406 e. The third-order valence-corrected chi connectivity index (χ3v) is 6.16. The van der Waals surface area contributed by atoms with Crippen molar-refractivity contribution in [3.63, 3.8) is 0 Å². The maximum Gasteiger partial charge on any atom is 0.573 e. The molecule has 1 aliphatic rings. The zero-order chi connectivity index (χ0) is 21.6. The highest BCUT2D eigenvalue weighted by Crippen LogP contribution is 2.38. The number of rotatable bonds is 8. The van der Waals surface area contributed by atoms with Gasteiger partial charge >= 0.3 is 6.36 Å². The van der Waals surface area contributed by atoms with E-state index in [0.717, 1.165) is 29.9 Å². The lowest BCUT2D eigenvalue weighted by Gasteiger charge is -2.29. The monoisotopic (exact) mass is 422 g/mol. The summed E-state index contributed by atoms with van der Waals surface area (Å²) in [5, 5.41) is 0. The molecule has 0 heterocycles. The molecule has 2 aromatic rings. The van der Waals surface area contributed by atoms with Crippen LogP contribution in [0, 0.1) is 11.7 Å². The van der Waals surface area contributed by atoms with Crippen LogP contribution in [0.2, 0.25) is 0 Å². The van der Waals surface area contributed by atoms with E-state index in [9.17, 15) is 17.6 Å². The number of hydrogen-bond donors (Lipinski definition) is 0. The molecular formula is C25H30F4O. The van der Waals surface area contributed by atoms with Gasteiger partial charge in [-0.05, 0) is 72.4 Å². The highest BCUT2D eigenvalue weighted by atomic mass is 19.4. The molecule has 1 aliphatic carbocycles. The first kappa shape index (κ1) is 22.6. The first-order chi connectivity index (χ1) is 14.3. The van der Waals surface area contributed by atoms with Crippen molar-refractivity contribution >= 4 is 0 Å². The lowest BCUT2D eigenvalue weighted by Crippen LogP contribution is -2.17. The second kappa shape index (κ2) is 10.3. The van der Waals surface area contributed by atoms with Crippen molar-refractivity contribution in [3.8, 4) is 5.75 Å². The molecule has 0 saturated heterocycles. The number of ether oxygens (including phenoxy) is 1. The van der Waals surface area contributed by atoms with Crippen molar-refractivity contribution in [3.05, 3.63) is 65.0 Å². The third-order valence-electron chi connectivity index (χ3n) is 6.16. The quantitative estimate of drug-likeness (QED) is 0.308. The standard InChI is InChI=1S/C25H30F4O/c1-2-3-4-5-18-6-10-20(11-7-18)21-12-13-22(24(26)17-21)16-19-8-14-23(15-9-19)30-25(27,28)29/h8-9,12-15,17-18,20H,2-7,10-11,16H2,1H3. The largest absolute Gasteiger partial charge is 0.573 e. The molecule has 2 aromatic carbocycles. The summed E-state index contributed by atoms with van der Waals surface area (Å²) in [6.45, 7) is 2.23. The Morgan fingerprint density at radius 3 is 2.23 bits per heavy atom. The van der Waals surface area contributed by atoms with Crippen LogP contribution < -0.4 is 4.74 Å². The summed E-state index contributed by atoms with van der Waals surface area (Å²) in [4.78, 5) is 0. The molecule has 0 N–H and O–H groups in total. The molecule has 1 fully saturated rings. The molecule has 0 spiro atoms. The molecule has 0 aliphatic heterocycles. The lowest BCUT2D eigenvalue weighted by atomic mass is 9.77. The Bertz CT molecular complexity index is 790. The van der Waals surface area contributed by atoms with Gasteiger partial charge < -0.3 is 4.74 Å². The Kier molecular flexibility index (Phi) is 7.79. The fourth-order valence-electron chi connectivity index (χ4n) is 4.46. The second-order valence-corrected chi connectivity index (χ2v) is 8.43. The van der Waals surface area contributed by atoms with Crippen LogP contribution in [-0.4, -0.2) is 6.36 Å². The molecular weight excluding hydrogens is 392 g/mol. The van der Waals surface area contributed by atoms with Gasteiger partial charge in [0.15, 0.2) is 0 Å². The van der Waals surface area contributed by atoms with Gasteiger partial charge in [0, 0.05) is 6.42 Å². The van der Waals surface area contributed by atoms with E-state index in [1.54, 1.807) is 6.07 Å². The van der Waals surface area contributed by atoms with Crippen LogP contribution in [0.25, 0.3) is 0 Å². The predicted molar refractivity (Wildman–Crippen MR) is 111 cm³/mol. The summed E-state index contributed by atoms with van der Waals surface area (Å²) in [5.74, 6) is 0.733. The van der Waals surface area contributed by atoms with Crippen LogP contribution in [0.1, 0.15) is 80.9 Å². The molecule has 0 atom stereocenters. The average Bonchev–Trinajstić information content (AvgIpc) is 2.70. The van der Waals surface area contributed by atoms with Gasteiger partial charge in [-0.2, -0.15) is 0 Å². The molecule has 0 radical (unpaired) electrons. The van der Waals surface area contributed by atoms with Crippen LogP contribution in [0.3, 0.4) is 0 Å². The van der Waals surface area contributed by atoms with Crippen LogP contribution in [-0.2, 0) is 6.42 Å². The Balaban J connectivity index is 1.55. The molecule has 0 bridgehead atoms. The second-order valence-electron chi connectivity index (χ2n) is 8.43. The summed E-state index contributed by atoms with van der Waals surface area (Å²) < 4.78 is 55.3. The van der Waals surface area contributed by atoms with Crippen molar-refractivity contribution in [1.82, 2.24) is 0 Å². The van der Waals surface area contributed by atoms with Gasteiger partial charge in [-0.15, -0.1) is 13.2 Å². The van der Waals surface area contributed by atoms with Crippen LogP contribution >= 0.6 is 0 Å². The molecule has 1 nitrogen and oxygen atoms in total. The van der Waals surface area contributed by atoms with Crippen LogP contribution in [0.5, 0.6) is 5.75 Å². The van der Waals surface area contributed by atoms with Gasteiger partial charge in [-0.25, -0.2) is 4.39 Å². The van der Waals surface area contributed by atoms with Crippen molar-refractivity contribution in [1.29, 1.82) is 0 Å². The summed E-state index contributed by atoms with van der Waals surface area (Å²) in [6, 6.07) is 11.1. The lowest BCUT2D eigenvalue weighted by molar-refractivity contribution is -0.274. The average molecular weight is 423 g/mol. The summed E-state index contributed by atoms with van der Waals surface area (Å²) in [7, 11) is 0. The van der Waals surface area contributed by atoms with E-state index in [1.807, 2.05) is 12.1 Å². The molecule has 5 heteroatoms. The van der Waals surface area contributed by atoms with Crippen molar-refractivity contribution < 1.29 is 22.3 Å². The van der Waals surface area contributed by atoms with E-state index in [0.29, 0.717) is 17.9 Å². The molecule has 0 unspecified atom stereocenters. The van der Waals surface area contributed by atoms with Crippen LogP contribution in [0.4, 0.5) is 17.6 Å². The van der Waals surface area contributed by atoms with Gasteiger partial charge in [0.05, 0.1) is 0 Å². The number of unbranched alkanes of at least 4 members (excludes halogenated alkanes) is 2. The van der Waals surface area contributed by atoms with E-state index in [2.05, 4.69) is 11.7 Å². The summed E-state index contributed by atoms with van der Waals surface area (Å²) >= 11 is 0. The van der Waals surface area contributed by atoms with E-state index in [-0.39, 0.29) is 11.6 Å². The van der Waals surface area contributed by atoms with Crippen molar-refractivity contribution in [2.24, 2.45) is 5.92 Å². The molecule has 30 heavy (non-hydrogen) atoms. The van der Waals surface area contributed by atoms with Gasteiger partial charge in [-0.1, -0.05) is 56.9 Å².